The smallest absolute Gasteiger partial charge is 0.225 e. The number of hydrogen-bond donors (Lipinski definition) is 1. The van der Waals surface area contributed by atoms with Crippen molar-refractivity contribution in [2.75, 3.05) is 26.8 Å². The Hall–Kier alpha value is -1.88. The number of rotatable bonds is 7. The van der Waals surface area contributed by atoms with Crippen molar-refractivity contribution in [2.24, 2.45) is 11.8 Å². The second-order valence-electron chi connectivity index (χ2n) is 7.27. The van der Waals surface area contributed by atoms with Gasteiger partial charge in [0.2, 0.25) is 11.8 Å². The van der Waals surface area contributed by atoms with Crippen molar-refractivity contribution in [1.82, 2.24) is 10.2 Å². The van der Waals surface area contributed by atoms with Gasteiger partial charge in [0.25, 0.3) is 0 Å². The van der Waals surface area contributed by atoms with Gasteiger partial charge in [0, 0.05) is 26.6 Å². The van der Waals surface area contributed by atoms with Crippen LogP contribution in [-0.4, -0.2) is 43.5 Å². The molecule has 1 aromatic rings. The molecule has 0 bridgehead atoms. The maximum absolute atomic E-state index is 12.8. The van der Waals surface area contributed by atoms with E-state index < -0.39 is 0 Å². The molecule has 5 heteroatoms. The number of benzene rings is 1. The fourth-order valence-corrected chi connectivity index (χ4v) is 3.55. The summed E-state index contributed by atoms with van der Waals surface area (Å²) in [6.07, 6.45) is 3.46. The molecule has 1 saturated carbocycles. The van der Waals surface area contributed by atoms with Crippen molar-refractivity contribution < 1.29 is 14.3 Å². The number of hydrogen-bond acceptors (Lipinski definition) is 3. The molecule has 1 aromatic carbocycles. The lowest BCUT2D eigenvalue weighted by atomic mass is 9.83. The number of carbonyl (C=O) groups is 2. The molecule has 5 nitrogen and oxygen atoms in total. The highest BCUT2D eigenvalue weighted by Crippen LogP contribution is 2.37. The summed E-state index contributed by atoms with van der Waals surface area (Å²) >= 11 is 0. The molecule has 1 aliphatic carbocycles. The molecule has 0 radical (unpaired) electrons. The molecule has 136 valence electrons. The Morgan fingerprint density at radius 2 is 1.96 bits per heavy atom. The Kier molecular flexibility index (Phi) is 5.74. The van der Waals surface area contributed by atoms with Crippen LogP contribution < -0.4 is 5.32 Å². The van der Waals surface area contributed by atoms with Crippen LogP contribution in [0.1, 0.15) is 42.9 Å². The highest BCUT2D eigenvalue weighted by molar-refractivity contribution is 5.85. The van der Waals surface area contributed by atoms with Crippen LogP contribution in [0.25, 0.3) is 0 Å². The van der Waals surface area contributed by atoms with E-state index in [1.54, 1.807) is 7.11 Å². The lowest BCUT2D eigenvalue weighted by Gasteiger charge is -2.40. The number of nitrogens with zero attached hydrogens (tertiary/aromatic N) is 1. The second kappa shape index (κ2) is 8.00. The summed E-state index contributed by atoms with van der Waals surface area (Å²) in [6, 6.07) is 7.96. The quantitative estimate of drug-likeness (QED) is 0.826. The summed E-state index contributed by atoms with van der Waals surface area (Å²) < 4.78 is 5.18. The zero-order valence-electron chi connectivity index (χ0n) is 15.2. The van der Waals surface area contributed by atoms with Crippen molar-refractivity contribution in [1.29, 1.82) is 0 Å². The molecule has 0 unspecified atom stereocenters. The predicted molar refractivity (Wildman–Crippen MR) is 96.0 cm³/mol. The summed E-state index contributed by atoms with van der Waals surface area (Å²) in [5, 5.41) is 3.11. The largest absolute Gasteiger partial charge is 0.383 e. The van der Waals surface area contributed by atoms with E-state index >= 15 is 0 Å². The number of carbonyl (C=O) groups excluding carboxylic acids is 2. The first-order valence-electron chi connectivity index (χ1n) is 9.23. The van der Waals surface area contributed by atoms with Gasteiger partial charge in [-0.2, -0.15) is 0 Å². The number of nitrogens with one attached hydrogen (secondary N) is 1. The zero-order valence-corrected chi connectivity index (χ0v) is 15.2. The molecule has 1 N–H and O–H groups in total. The number of aryl methyl sites for hydroxylation is 1. The van der Waals surface area contributed by atoms with E-state index in [2.05, 4.69) is 5.32 Å². The number of ether oxygens (including phenoxy) is 1. The first-order chi connectivity index (χ1) is 12.1. The average molecular weight is 344 g/mol. The monoisotopic (exact) mass is 344 g/mol. The van der Waals surface area contributed by atoms with Gasteiger partial charge in [-0.05, 0) is 37.7 Å². The summed E-state index contributed by atoms with van der Waals surface area (Å²) in [7, 11) is 1.63. The van der Waals surface area contributed by atoms with Crippen molar-refractivity contribution in [3.05, 3.63) is 35.4 Å². The molecule has 1 heterocycles. The molecule has 0 spiro atoms. The van der Waals surface area contributed by atoms with Crippen molar-refractivity contribution >= 4 is 11.8 Å². The SMILES string of the molecule is COCCN1C(=O)CC[C@@H](C(=O)NCC2CC2)[C@H]1c1ccc(C)cc1. The Labute approximate surface area is 149 Å². The standard InChI is InChI=1S/C20H28N2O3/c1-14-3-7-16(8-4-14)19-17(20(24)21-13-15-5-6-15)9-10-18(23)22(19)11-12-25-2/h3-4,7-8,15,17,19H,5-6,9-13H2,1-2H3,(H,21,24)/t17-,19-/m1/s1. The van der Waals surface area contributed by atoms with Gasteiger partial charge in [-0.15, -0.1) is 0 Å². The Bertz CT molecular complexity index is 610. The first-order valence-corrected chi connectivity index (χ1v) is 9.23. The minimum atomic E-state index is -0.212. The molecule has 2 amide bonds. The van der Waals surface area contributed by atoms with Gasteiger partial charge in [-0.1, -0.05) is 29.8 Å². The summed E-state index contributed by atoms with van der Waals surface area (Å²) in [5.74, 6) is 0.633. The third-order valence-electron chi connectivity index (χ3n) is 5.26. The fourth-order valence-electron chi connectivity index (χ4n) is 3.55. The van der Waals surface area contributed by atoms with E-state index in [9.17, 15) is 9.59 Å². The van der Waals surface area contributed by atoms with Gasteiger partial charge >= 0.3 is 0 Å². The van der Waals surface area contributed by atoms with Gasteiger partial charge < -0.3 is 15.0 Å². The van der Waals surface area contributed by atoms with Crippen LogP contribution in [0.4, 0.5) is 0 Å². The topological polar surface area (TPSA) is 58.6 Å². The van der Waals surface area contributed by atoms with Crippen LogP contribution in [0.5, 0.6) is 0 Å². The van der Waals surface area contributed by atoms with E-state index in [-0.39, 0.29) is 23.8 Å². The van der Waals surface area contributed by atoms with Gasteiger partial charge in [-0.3, -0.25) is 9.59 Å². The third kappa shape index (κ3) is 4.40. The molecule has 1 aliphatic heterocycles. The van der Waals surface area contributed by atoms with E-state index in [1.165, 1.54) is 18.4 Å². The number of methoxy groups -OCH3 is 1. The van der Waals surface area contributed by atoms with Crippen molar-refractivity contribution in [3.63, 3.8) is 0 Å². The fraction of sp³-hybridized carbons (Fsp3) is 0.600. The normalized spacial score (nSPS) is 23.6. The summed E-state index contributed by atoms with van der Waals surface area (Å²) in [4.78, 5) is 27.2. The predicted octanol–water partition coefficient (Wildman–Crippen LogP) is 2.45. The molecule has 2 aliphatic rings. The maximum atomic E-state index is 12.8. The lowest BCUT2D eigenvalue weighted by molar-refractivity contribution is -0.144. The highest BCUT2D eigenvalue weighted by atomic mass is 16.5. The molecule has 25 heavy (non-hydrogen) atoms. The Balaban J connectivity index is 1.83. The van der Waals surface area contributed by atoms with Gasteiger partial charge in [0.05, 0.1) is 18.6 Å². The van der Waals surface area contributed by atoms with E-state index in [0.717, 1.165) is 12.1 Å². The summed E-state index contributed by atoms with van der Waals surface area (Å²) in [6.45, 7) is 3.80. The molecule has 2 atom stereocenters. The molecular weight excluding hydrogens is 316 g/mol. The van der Waals surface area contributed by atoms with E-state index in [4.69, 9.17) is 4.74 Å². The van der Waals surface area contributed by atoms with Gasteiger partial charge in [-0.25, -0.2) is 0 Å². The minimum absolute atomic E-state index is 0.0763. The second-order valence-corrected chi connectivity index (χ2v) is 7.27. The van der Waals surface area contributed by atoms with Crippen LogP contribution in [0.15, 0.2) is 24.3 Å². The van der Waals surface area contributed by atoms with Gasteiger partial charge in [0.15, 0.2) is 0 Å². The van der Waals surface area contributed by atoms with Crippen LogP contribution in [-0.2, 0) is 14.3 Å². The van der Waals surface area contributed by atoms with Crippen molar-refractivity contribution in [3.8, 4) is 0 Å². The molecule has 0 aromatic heterocycles. The third-order valence-corrected chi connectivity index (χ3v) is 5.26. The molecule has 2 fully saturated rings. The number of likely N-dealkylation sites (tertiary alicyclic amines) is 1. The minimum Gasteiger partial charge on any atom is -0.383 e. The van der Waals surface area contributed by atoms with E-state index in [0.29, 0.717) is 31.9 Å². The van der Waals surface area contributed by atoms with Crippen molar-refractivity contribution in [2.45, 2.75) is 38.6 Å². The summed E-state index contributed by atoms with van der Waals surface area (Å²) in [5.41, 5.74) is 2.20. The van der Waals surface area contributed by atoms with Crippen LogP contribution in [0, 0.1) is 18.8 Å². The molecular formula is C20H28N2O3. The molecule has 3 rings (SSSR count). The van der Waals surface area contributed by atoms with Crippen LogP contribution in [0.3, 0.4) is 0 Å². The first kappa shape index (κ1) is 17.9. The molecule has 1 saturated heterocycles. The van der Waals surface area contributed by atoms with Crippen LogP contribution >= 0.6 is 0 Å². The average Bonchev–Trinajstić information content (AvgIpc) is 3.43. The number of piperidine rings is 1. The number of amides is 2. The van der Waals surface area contributed by atoms with E-state index in [1.807, 2.05) is 36.1 Å². The zero-order chi connectivity index (χ0) is 17.8. The Morgan fingerprint density at radius 3 is 2.60 bits per heavy atom. The van der Waals surface area contributed by atoms with Gasteiger partial charge in [0.1, 0.15) is 0 Å². The lowest BCUT2D eigenvalue weighted by Crippen LogP contribution is -2.49. The Morgan fingerprint density at radius 1 is 1.24 bits per heavy atom. The van der Waals surface area contributed by atoms with Crippen LogP contribution in [0.2, 0.25) is 0 Å². The maximum Gasteiger partial charge on any atom is 0.225 e. The highest BCUT2D eigenvalue weighted by Gasteiger charge is 2.40.